The molecule has 0 aliphatic carbocycles. The van der Waals surface area contributed by atoms with Gasteiger partial charge >= 0.3 is 0 Å². The van der Waals surface area contributed by atoms with Crippen molar-refractivity contribution < 1.29 is 9.59 Å². The maximum atomic E-state index is 13.1. The molecular weight excluding hydrogens is 382 g/mol. The maximum Gasteiger partial charge on any atom is 0.254 e. The van der Waals surface area contributed by atoms with Crippen LogP contribution in [-0.2, 0) is 11.2 Å². The molecule has 1 heterocycles. The lowest BCUT2D eigenvalue weighted by molar-refractivity contribution is -0.116. The van der Waals surface area contributed by atoms with Crippen LogP contribution in [0.2, 0.25) is 0 Å². The van der Waals surface area contributed by atoms with Crippen LogP contribution in [-0.4, -0.2) is 34.8 Å². The van der Waals surface area contributed by atoms with Crippen LogP contribution in [0.4, 0.5) is 5.13 Å². The van der Waals surface area contributed by atoms with E-state index < -0.39 is 0 Å². The minimum Gasteiger partial charge on any atom is -0.329 e. The van der Waals surface area contributed by atoms with Gasteiger partial charge in [-0.25, -0.2) is 4.98 Å². The van der Waals surface area contributed by atoms with Crippen molar-refractivity contribution in [3.63, 3.8) is 0 Å². The van der Waals surface area contributed by atoms with E-state index >= 15 is 0 Å². The van der Waals surface area contributed by atoms with Crippen LogP contribution >= 0.6 is 11.3 Å². The molecule has 6 heteroatoms. The fourth-order valence-corrected chi connectivity index (χ4v) is 3.72. The van der Waals surface area contributed by atoms with Crippen molar-refractivity contribution in [3.8, 4) is 0 Å². The number of benzene rings is 1. The van der Waals surface area contributed by atoms with Crippen molar-refractivity contribution in [2.75, 3.05) is 18.4 Å². The van der Waals surface area contributed by atoms with E-state index in [9.17, 15) is 9.59 Å². The minimum absolute atomic E-state index is 0.0444. The van der Waals surface area contributed by atoms with E-state index in [-0.39, 0.29) is 18.4 Å². The summed E-state index contributed by atoms with van der Waals surface area (Å²) in [7, 11) is 0. The summed E-state index contributed by atoms with van der Waals surface area (Å²) in [5.74, 6) is -0.295. The van der Waals surface area contributed by atoms with E-state index in [2.05, 4.69) is 24.1 Å². The molecular formula is C23H33N3O2S. The molecule has 1 N–H and O–H groups in total. The molecule has 0 bridgehead atoms. The highest BCUT2D eigenvalue weighted by Gasteiger charge is 2.19. The van der Waals surface area contributed by atoms with Gasteiger partial charge in [0.25, 0.3) is 5.91 Å². The first-order chi connectivity index (χ1) is 14.1. The quantitative estimate of drug-likeness (QED) is 0.437. The third-order valence-corrected chi connectivity index (χ3v) is 5.54. The molecule has 29 heavy (non-hydrogen) atoms. The maximum absolute atomic E-state index is 13.1. The zero-order chi connectivity index (χ0) is 20.9. The summed E-state index contributed by atoms with van der Waals surface area (Å²) >= 11 is 1.37. The number of nitrogens with one attached hydrogen (secondary N) is 1. The number of hydrogen-bond acceptors (Lipinski definition) is 4. The summed E-state index contributed by atoms with van der Waals surface area (Å²) < 4.78 is 0. The minimum atomic E-state index is -0.208. The van der Waals surface area contributed by atoms with Gasteiger partial charge in [-0.15, -0.1) is 11.3 Å². The number of carbonyl (C=O) groups is 2. The molecule has 1 aromatic carbocycles. The Morgan fingerprint density at radius 3 is 2.38 bits per heavy atom. The van der Waals surface area contributed by atoms with Gasteiger partial charge in [-0.3, -0.25) is 9.59 Å². The van der Waals surface area contributed by atoms with Gasteiger partial charge in [0, 0.05) is 23.7 Å². The normalized spacial score (nSPS) is 10.7. The molecule has 1 aromatic heterocycles. The van der Waals surface area contributed by atoms with Crippen LogP contribution in [0.15, 0.2) is 35.8 Å². The van der Waals surface area contributed by atoms with Gasteiger partial charge in [0.2, 0.25) is 5.91 Å². The SMILES string of the molecule is CCCCCCN(CC(=O)Nc1nccs1)C(=O)c1ccc(CCCCC)cc1. The largest absolute Gasteiger partial charge is 0.329 e. The first-order valence-electron chi connectivity index (χ1n) is 10.7. The topological polar surface area (TPSA) is 62.3 Å². The van der Waals surface area contributed by atoms with Gasteiger partial charge in [0.05, 0.1) is 0 Å². The lowest BCUT2D eigenvalue weighted by Gasteiger charge is -2.22. The summed E-state index contributed by atoms with van der Waals surface area (Å²) in [4.78, 5) is 31.2. The second kappa shape index (κ2) is 13.1. The third kappa shape index (κ3) is 8.36. The van der Waals surface area contributed by atoms with E-state index in [1.54, 1.807) is 11.1 Å². The Labute approximate surface area is 178 Å². The van der Waals surface area contributed by atoms with Gasteiger partial charge in [-0.1, -0.05) is 58.1 Å². The van der Waals surface area contributed by atoms with Crippen LogP contribution in [0.1, 0.15) is 74.7 Å². The van der Waals surface area contributed by atoms with Crippen LogP contribution in [0.3, 0.4) is 0 Å². The molecule has 0 atom stereocenters. The number of aryl methyl sites for hydroxylation is 1. The number of hydrogen-bond donors (Lipinski definition) is 1. The Morgan fingerprint density at radius 1 is 1.00 bits per heavy atom. The average Bonchev–Trinajstić information content (AvgIpc) is 3.23. The summed E-state index contributed by atoms with van der Waals surface area (Å²) in [5.41, 5.74) is 1.90. The van der Waals surface area contributed by atoms with Gasteiger partial charge in [-0.05, 0) is 37.0 Å². The second-order valence-corrected chi connectivity index (χ2v) is 8.22. The number of anilines is 1. The Kier molecular flexibility index (Phi) is 10.4. The molecule has 0 saturated carbocycles. The van der Waals surface area contributed by atoms with Crippen LogP contribution in [0.25, 0.3) is 0 Å². The van der Waals surface area contributed by atoms with Crippen molar-refractivity contribution in [3.05, 3.63) is 47.0 Å². The predicted molar refractivity (Wildman–Crippen MR) is 120 cm³/mol. The van der Waals surface area contributed by atoms with E-state index in [4.69, 9.17) is 0 Å². The van der Waals surface area contributed by atoms with Gasteiger partial charge in [0.15, 0.2) is 5.13 Å². The lowest BCUT2D eigenvalue weighted by Crippen LogP contribution is -2.38. The fraction of sp³-hybridized carbons (Fsp3) is 0.522. The lowest BCUT2D eigenvalue weighted by atomic mass is 10.0. The summed E-state index contributed by atoms with van der Waals surface area (Å²) in [6, 6.07) is 7.85. The first-order valence-corrected chi connectivity index (χ1v) is 11.6. The average molecular weight is 416 g/mol. The summed E-state index contributed by atoms with van der Waals surface area (Å²) in [5, 5.41) is 5.14. The highest BCUT2D eigenvalue weighted by atomic mass is 32.1. The number of nitrogens with zero attached hydrogens (tertiary/aromatic N) is 2. The highest BCUT2D eigenvalue weighted by molar-refractivity contribution is 7.13. The van der Waals surface area contributed by atoms with E-state index in [0.717, 1.165) is 32.1 Å². The second-order valence-electron chi connectivity index (χ2n) is 7.33. The summed E-state index contributed by atoms with van der Waals surface area (Å²) in [6.45, 7) is 4.99. The molecule has 2 rings (SSSR count). The van der Waals surface area contributed by atoms with Crippen molar-refractivity contribution in [1.82, 2.24) is 9.88 Å². The van der Waals surface area contributed by atoms with Gasteiger partial charge in [-0.2, -0.15) is 0 Å². The van der Waals surface area contributed by atoms with Crippen molar-refractivity contribution in [2.24, 2.45) is 0 Å². The molecule has 2 aromatic rings. The fourth-order valence-electron chi connectivity index (χ4n) is 3.17. The van der Waals surface area contributed by atoms with Gasteiger partial charge in [0.1, 0.15) is 6.54 Å². The first kappa shape index (κ1) is 23.1. The Bertz CT molecular complexity index is 729. The van der Waals surface area contributed by atoms with E-state index in [0.29, 0.717) is 17.2 Å². The summed E-state index contributed by atoms with van der Waals surface area (Å²) in [6.07, 6.45) is 10.5. The highest BCUT2D eigenvalue weighted by Crippen LogP contribution is 2.14. The molecule has 158 valence electrons. The van der Waals surface area contributed by atoms with Crippen molar-refractivity contribution in [2.45, 2.75) is 65.2 Å². The molecule has 5 nitrogen and oxygen atoms in total. The molecule has 0 aliphatic heterocycles. The number of thiazole rings is 1. The molecule has 0 saturated heterocycles. The Hall–Kier alpha value is -2.21. The molecule has 0 unspecified atom stereocenters. The molecule has 0 radical (unpaired) electrons. The number of carbonyl (C=O) groups excluding carboxylic acids is 2. The zero-order valence-corrected chi connectivity index (χ0v) is 18.5. The van der Waals surface area contributed by atoms with Crippen molar-refractivity contribution >= 4 is 28.3 Å². The van der Waals surface area contributed by atoms with Gasteiger partial charge < -0.3 is 10.2 Å². The smallest absolute Gasteiger partial charge is 0.254 e. The number of unbranched alkanes of at least 4 members (excludes halogenated alkanes) is 5. The van der Waals surface area contributed by atoms with E-state index in [1.807, 2.05) is 29.6 Å². The van der Waals surface area contributed by atoms with Crippen LogP contribution in [0, 0.1) is 0 Å². The number of rotatable bonds is 13. The molecule has 2 amide bonds. The van der Waals surface area contributed by atoms with Crippen molar-refractivity contribution in [1.29, 1.82) is 0 Å². The Balaban J connectivity index is 1.99. The standard InChI is InChI=1S/C23H33N3O2S/c1-3-5-7-9-16-26(18-21(27)25-23-24-15-17-29-23)22(28)20-13-11-19(12-14-20)10-8-6-4-2/h11-15,17H,3-10,16,18H2,1-2H3,(H,24,25,27). The number of amides is 2. The third-order valence-electron chi connectivity index (χ3n) is 4.85. The van der Waals surface area contributed by atoms with Crippen LogP contribution < -0.4 is 5.32 Å². The molecule has 0 aliphatic rings. The van der Waals surface area contributed by atoms with Crippen LogP contribution in [0.5, 0.6) is 0 Å². The predicted octanol–water partition coefficient (Wildman–Crippen LogP) is 5.54. The molecule has 0 fully saturated rings. The van der Waals surface area contributed by atoms with E-state index in [1.165, 1.54) is 36.2 Å². The monoisotopic (exact) mass is 415 g/mol. The zero-order valence-electron chi connectivity index (χ0n) is 17.7. The molecule has 0 spiro atoms. The Morgan fingerprint density at radius 2 is 1.72 bits per heavy atom. The number of aromatic nitrogens is 1.